The molecule has 2 amide bonds. The first-order valence-corrected chi connectivity index (χ1v) is 4.82. The smallest absolute Gasteiger partial charge is 0.296 e. The monoisotopic (exact) mass is 208 g/mol. The van der Waals surface area contributed by atoms with Crippen molar-refractivity contribution in [1.29, 1.82) is 0 Å². The van der Waals surface area contributed by atoms with Crippen molar-refractivity contribution in [1.82, 2.24) is 4.90 Å². The Bertz CT molecular complexity index is 372. The number of nitrogens with zero attached hydrogens (tertiary/aromatic N) is 1. The molecule has 0 spiro atoms. The summed E-state index contributed by atoms with van der Waals surface area (Å²) < 4.78 is 4.95. The van der Waals surface area contributed by atoms with Gasteiger partial charge in [-0.2, -0.15) is 0 Å². The van der Waals surface area contributed by atoms with Crippen LogP contribution in [-0.2, 0) is 4.79 Å². The number of hydrogen-bond acceptors (Lipinski definition) is 4. The Morgan fingerprint density at radius 2 is 2.40 bits per heavy atom. The summed E-state index contributed by atoms with van der Waals surface area (Å²) >= 11 is 0. The quantitative estimate of drug-likeness (QED) is 0.676. The van der Waals surface area contributed by atoms with Crippen molar-refractivity contribution >= 4 is 11.8 Å². The normalized spacial score (nSPS) is 21.8. The molecule has 1 aliphatic rings. The van der Waals surface area contributed by atoms with Crippen LogP contribution in [0, 0.1) is 0 Å². The molecule has 0 bridgehead atoms. The molecule has 1 aliphatic heterocycles. The van der Waals surface area contributed by atoms with Crippen LogP contribution >= 0.6 is 0 Å². The number of rotatable bonds is 1. The molecule has 1 aromatic rings. The van der Waals surface area contributed by atoms with Crippen molar-refractivity contribution in [3.8, 4) is 0 Å². The van der Waals surface area contributed by atoms with E-state index in [1.807, 2.05) is 0 Å². The van der Waals surface area contributed by atoms with E-state index >= 15 is 0 Å². The number of likely N-dealkylation sites (tertiary alicyclic amines) is 1. The van der Waals surface area contributed by atoms with Crippen LogP contribution in [0.1, 0.15) is 23.4 Å². The molecule has 0 saturated carbocycles. The minimum absolute atomic E-state index is 0.127. The molecule has 0 aliphatic carbocycles. The first kappa shape index (κ1) is 9.92. The summed E-state index contributed by atoms with van der Waals surface area (Å²) in [6.07, 6.45) is 2.29. The number of hydrogen-bond donors (Lipinski definition) is 1. The van der Waals surface area contributed by atoms with Gasteiger partial charge >= 0.3 is 0 Å². The number of furan rings is 1. The molecule has 1 atom stereocenters. The summed E-state index contributed by atoms with van der Waals surface area (Å²) in [6.45, 7) is 0.375. The minimum atomic E-state index is -0.378. The number of imide groups is 1. The summed E-state index contributed by atoms with van der Waals surface area (Å²) in [4.78, 5) is 24.5. The van der Waals surface area contributed by atoms with E-state index in [9.17, 15) is 9.59 Å². The molecule has 2 N–H and O–H groups in total. The zero-order valence-corrected chi connectivity index (χ0v) is 8.18. The molecule has 0 aromatic carbocycles. The maximum atomic E-state index is 11.7. The van der Waals surface area contributed by atoms with Gasteiger partial charge < -0.3 is 10.2 Å². The molecule has 5 nitrogen and oxygen atoms in total. The molecule has 5 heteroatoms. The topological polar surface area (TPSA) is 76.5 Å². The maximum absolute atomic E-state index is 11.7. The van der Waals surface area contributed by atoms with E-state index in [1.54, 1.807) is 12.1 Å². The van der Waals surface area contributed by atoms with E-state index < -0.39 is 0 Å². The van der Waals surface area contributed by atoms with Crippen LogP contribution in [0.2, 0.25) is 0 Å². The number of amides is 2. The average Bonchev–Trinajstić information content (AvgIpc) is 2.69. The molecule has 2 heterocycles. The maximum Gasteiger partial charge on any atom is 0.296 e. The standard InChI is InChI=1S/C10H12N2O3/c11-7-3-4-12(9(13)6-7)10(14)8-2-1-5-15-8/h1-2,5,7H,3-4,6,11H2. The van der Waals surface area contributed by atoms with Crippen LogP contribution in [0.5, 0.6) is 0 Å². The zero-order chi connectivity index (χ0) is 10.8. The molecular formula is C10H12N2O3. The van der Waals surface area contributed by atoms with Crippen LogP contribution in [0.15, 0.2) is 22.8 Å². The van der Waals surface area contributed by atoms with Crippen molar-refractivity contribution in [2.24, 2.45) is 5.73 Å². The second-order valence-corrected chi connectivity index (χ2v) is 3.58. The number of nitrogens with two attached hydrogens (primary N) is 1. The highest BCUT2D eigenvalue weighted by Gasteiger charge is 2.29. The van der Waals surface area contributed by atoms with E-state index in [0.717, 1.165) is 0 Å². The van der Waals surface area contributed by atoms with E-state index in [1.165, 1.54) is 11.2 Å². The van der Waals surface area contributed by atoms with Crippen molar-refractivity contribution in [2.75, 3.05) is 6.54 Å². The Morgan fingerprint density at radius 3 is 3.00 bits per heavy atom. The van der Waals surface area contributed by atoms with Gasteiger partial charge in [0.05, 0.1) is 6.26 Å². The summed E-state index contributed by atoms with van der Waals surface area (Å²) in [5.74, 6) is -0.411. The molecule has 0 radical (unpaired) electrons. The minimum Gasteiger partial charge on any atom is -0.459 e. The third-order valence-electron chi connectivity index (χ3n) is 2.44. The largest absolute Gasteiger partial charge is 0.459 e. The lowest BCUT2D eigenvalue weighted by Gasteiger charge is -2.27. The van der Waals surface area contributed by atoms with Gasteiger partial charge in [0.1, 0.15) is 0 Å². The van der Waals surface area contributed by atoms with Crippen molar-refractivity contribution in [3.05, 3.63) is 24.2 Å². The zero-order valence-electron chi connectivity index (χ0n) is 8.18. The molecule has 1 fully saturated rings. The van der Waals surface area contributed by atoms with Gasteiger partial charge in [-0.3, -0.25) is 14.5 Å². The van der Waals surface area contributed by atoms with Crippen molar-refractivity contribution in [3.63, 3.8) is 0 Å². The fourth-order valence-corrected chi connectivity index (χ4v) is 1.60. The fraction of sp³-hybridized carbons (Fsp3) is 0.400. The highest BCUT2D eigenvalue weighted by Crippen LogP contribution is 2.14. The van der Waals surface area contributed by atoms with Crippen LogP contribution in [0.25, 0.3) is 0 Å². The van der Waals surface area contributed by atoms with Gasteiger partial charge in [0.2, 0.25) is 5.91 Å². The third kappa shape index (κ3) is 1.92. The van der Waals surface area contributed by atoms with Gasteiger partial charge in [-0.05, 0) is 18.6 Å². The Labute approximate surface area is 86.8 Å². The Hall–Kier alpha value is -1.62. The lowest BCUT2D eigenvalue weighted by atomic mass is 10.1. The second kappa shape index (κ2) is 3.86. The van der Waals surface area contributed by atoms with Gasteiger partial charge in [-0.15, -0.1) is 0 Å². The fourth-order valence-electron chi connectivity index (χ4n) is 1.60. The van der Waals surface area contributed by atoms with Crippen molar-refractivity contribution in [2.45, 2.75) is 18.9 Å². The predicted molar refractivity (Wildman–Crippen MR) is 52.0 cm³/mol. The Morgan fingerprint density at radius 1 is 1.60 bits per heavy atom. The van der Waals surface area contributed by atoms with Crippen LogP contribution < -0.4 is 5.73 Å². The van der Waals surface area contributed by atoms with Gasteiger partial charge in [0.15, 0.2) is 5.76 Å². The first-order chi connectivity index (χ1) is 7.18. The molecule has 15 heavy (non-hydrogen) atoms. The third-order valence-corrected chi connectivity index (χ3v) is 2.44. The van der Waals surface area contributed by atoms with Gasteiger partial charge in [-0.25, -0.2) is 0 Å². The SMILES string of the molecule is NC1CCN(C(=O)c2ccco2)C(=O)C1. The van der Waals surface area contributed by atoms with E-state index in [-0.39, 0.29) is 30.0 Å². The number of carbonyl (C=O) groups is 2. The van der Waals surface area contributed by atoms with Crippen LogP contribution in [-0.4, -0.2) is 29.3 Å². The molecule has 1 unspecified atom stereocenters. The van der Waals surface area contributed by atoms with Crippen LogP contribution in [0.3, 0.4) is 0 Å². The summed E-state index contributed by atoms with van der Waals surface area (Å²) in [7, 11) is 0. The number of carbonyl (C=O) groups excluding carboxylic acids is 2. The summed E-state index contributed by atoms with van der Waals surface area (Å²) in [5.41, 5.74) is 5.62. The summed E-state index contributed by atoms with van der Waals surface area (Å²) in [6, 6.07) is 3.04. The van der Waals surface area contributed by atoms with Crippen LogP contribution in [0.4, 0.5) is 0 Å². The number of piperidine rings is 1. The molecular weight excluding hydrogens is 196 g/mol. The van der Waals surface area contributed by atoms with E-state index in [0.29, 0.717) is 13.0 Å². The van der Waals surface area contributed by atoms with Gasteiger partial charge in [0, 0.05) is 19.0 Å². The van der Waals surface area contributed by atoms with Gasteiger partial charge in [-0.1, -0.05) is 0 Å². The molecule has 2 rings (SSSR count). The molecule has 1 aromatic heterocycles. The van der Waals surface area contributed by atoms with Gasteiger partial charge in [0.25, 0.3) is 5.91 Å². The lowest BCUT2D eigenvalue weighted by Crippen LogP contribution is -2.46. The molecule has 80 valence electrons. The van der Waals surface area contributed by atoms with E-state index in [2.05, 4.69) is 0 Å². The first-order valence-electron chi connectivity index (χ1n) is 4.82. The second-order valence-electron chi connectivity index (χ2n) is 3.58. The Balaban J connectivity index is 2.11. The Kier molecular flexibility index (Phi) is 2.55. The summed E-state index contributed by atoms with van der Waals surface area (Å²) in [5, 5.41) is 0. The predicted octanol–water partition coefficient (Wildman–Crippen LogP) is 0.369. The van der Waals surface area contributed by atoms with E-state index in [4.69, 9.17) is 10.2 Å². The lowest BCUT2D eigenvalue weighted by molar-refractivity contribution is -0.130. The highest BCUT2D eigenvalue weighted by molar-refractivity contribution is 6.03. The van der Waals surface area contributed by atoms with Crippen molar-refractivity contribution < 1.29 is 14.0 Å². The molecule has 1 saturated heterocycles. The highest BCUT2D eigenvalue weighted by atomic mass is 16.3. The average molecular weight is 208 g/mol.